The molecule has 31 heavy (non-hydrogen) atoms. The summed E-state index contributed by atoms with van der Waals surface area (Å²) in [6.07, 6.45) is 6.90. The van der Waals surface area contributed by atoms with E-state index in [1.807, 2.05) is 12.1 Å². The fraction of sp³-hybridized carbons (Fsp3) is 0.0385. The number of hydrogen-bond acceptors (Lipinski definition) is 3. The molecule has 0 aliphatic carbocycles. The fourth-order valence-corrected chi connectivity index (χ4v) is 3.76. The molecule has 0 atom stereocenters. The zero-order valence-corrected chi connectivity index (χ0v) is 16.8. The lowest BCUT2D eigenvalue weighted by molar-refractivity contribution is 0.0955. The van der Waals surface area contributed by atoms with Gasteiger partial charge in [-0.1, -0.05) is 54.6 Å². The van der Waals surface area contributed by atoms with Crippen LogP contribution in [0, 0.1) is 0 Å². The number of pyridine rings is 1. The summed E-state index contributed by atoms with van der Waals surface area (Å²) in [7, 11) is 0. The minimum absolute atomic E-state index is 0.288. The van der Waals surface area contributed by atoms with Gasteiger partial charge in [-0.3, -0.25) is 9.78 Å². The van der Waals surface area contributed by atoms with Gasteiger partial charge in [0, 0.05) is 41.6 Å². The summed E-state index contributed by atoms with van der Waals surface area (Å²) in [5, 5.41) is 7.72. The molecule has 1 N–H and O–H groups in total. The number of benzene rings is 3. The molecule has 0 radical (unpaired) electrons. The second kappa shape index (κ2) is 8.24. The average Bonchev–Trinajstić information content (AvgIpc) is 3.17. The molecular formula is C26H20N4O. The molecule has 1 amide bonds. The van der Waals surface area contributed by atoms with Crippen LogP contribution >= 0.6 is 0 Å². The Balaban J connectivity index is 1.41. The third kappa shape index (κ3) is 3.94. The third-order valence-electron chi connectivity index (χ3n) is 5.28. The zero-order valence-electron chi connectivity index (χ0n) is 16.8. The first-order valence-corrected chi connectivity index (χ1v) is 10.1. The van der Waals surface area contributed by atoms with Gasteiger partial charge < -0.3 is 4.57 Å². The molecule has 0 bridgehead atoms. The molecule has 2 heterocycles. The topological polar surface area (TPSA) is 59.3 Å². The van der Waals surface area contributed by atoms with E-state index in [2.05, 4.69) is 80.9 Å². The Morgan fingerprint density at radius 2 is 1.81 bits per heavy atom. The number of hydrogen-bond donors (Lipinski definition) is 1. The first kappa shape index (κ1) is 18.8. The number of para-hydroxylation sites is 1. The summed E-state index contributed by atoms with van der Waals surface area (Å²) < 4.78 is 2.21. The minimum Gasteiger partial charge on any atom is -0.342 e. The zero-order chi connectivity index (χ0) is 21.0. The van der Waals surface area contributed by atoms with E-state index in [1.165, 1.54) is 22.5 Å². The minimum atomic E-state index is -0.288. The van der Waals surface area contributed by atoms with Crippen molar-refractivity contribution in [3.05, 3.63) is 114 Å². The van der Waals surface area contributed by atoms with Crippen LogP contribution in [0.4, 0.5) is 0 Å². The van der Waals surface area contributed by atoms with Crippen LogP contribution in [0.1, 0.15) is 21.5 Å². The summed E-state index contributed by atoms with van der Waals surface area (Å²) in [6.45, 7) is 0.751. The largest absolute Gasteiger partial charge is 0.342 e. The number of rotatable bonds is 5. The van der Waals surface area contributed by atoms with Crippen LogP contribution in [-0.4, -0.2) is 21.7 Å². The predicted molar refractivity (Wildman–Crippen MR) is 124 cm³/mol. The van der Waals surface area contributed by atoms with Crippen molar-refractivity contribution in [3.8, 4) is 0 Å². The van der Waals surface area contributed by atoms with E-state index in [0.29, 0.717) is 5.56 Å². The van der Waals surface area contributed by atoms with Crippen LogP contribution in [0.25, 0.3) is 21.7 Å². The van der Waals surface area contributed by atoms with Crippen molar-refractivity contribution in [2.45, 2.75) is 6.54 Å². The van der Waals surface area contributed by atoms with E-state index in [9.17, 15) is 4.79 Å². The highest BCUT2D eigenvalue weighted by molar-refractivity contribution is 6.00. The maximum absolute atomic E-state index is 12.2. The Morgan fingerprint density at radius 1 is 0.968 bits per heavy atom. The molecule has 0 spiro atoms. The Bertz CT molecular complexity index is 1400. The van der Waals surface area contributed by atoms with Gasteiger partial charge in [0.2, 0.25) is 0 Å². The van der Waals surface area contributed by atoms with Crippen molar-refractivity contribution in [1.29, 1.82) is 0 Å². The molecule has 0 saturated carbocycles. The van der Waals surface area contributed by atoms with Gasteiger partial charge >= 0.3 is 0 Å². The van der Waals surface area contributed by atoms with Crippen LogP contribution in [-0.2, 0) is 6.54 Å². The summed E-state index contributed by atoms with van der Waals surface area (Å²) in [5.74, 6) is -0.288. The highest BCUT2D eigenvalue weighted by atomic mass is 16.2. The molecule has 0 unspecified atom stereocenters. The van der Waals surface area contributed by atoms with Crippen LogP contribution in [0.15, 0.2) is 103 Å². The number of carbonyl (C=O) groups is 1. The lowest BCUT2D eigenvalue weighted by Crippen LogP contribution is -2.17. The Morgan fingerprint density at radius 3 is 2.68 bits per heavy atom. The fourth-order valence-electron chi connectivity index (χ4n) is 3.76. The van der Waals surface area contributed by atoms with Crippen molar-refractivity contribution in [1.82, 2.24) is 15.0 Å². The van der Waals surface area contributed by atoms with Crippen molar-refractivity contribution in [2.75, 3.05) is 0 Å². The molecule has 0 fully saturated rings. The van der Waals surface area contributed by atoms with Crippen molar-refractivity contribution in [2.24, 2.45) is 5.10 Å². The number of carbonyl (C=O) groups excluding carboxylic acids is 1. The molecule has 150 valence electrons. The first-order chi connectivity index (χ1) is 15.3. The van der Waals surface area contributed by atoms with Crippen molar-refractivity contribution in [3.63, 3.8) is 0 Å². The van der Waals surface area contributed by atoms with Crippen LogP contribution in [0.3, 0.4) is 0 Å². The second-order valence-electron chi connectivity index (χ2n) is 7.35. The molecule has 5 heteroatoms. The molecule has 0 aliphatic rings. The predicted octanol–water partition coefficient (Wildman–Crippen LogP) is 5.00. The maximum Gasteiger partial charge on any atom is 0.272 e. The molecule has 2 aromatic heterocycles. The highest BCUT2D eigenvalue weighted by Gasteiger charge is 2.08. The van der Waals surface area contributed by atoms with Gasteiger partial charge in [0.05, 0.1) is 11.8 Å². The number of aromatic nitrogens is 2. The molecule has 0 saturated heterocycles. The van der Waals surface area contributed by atoms with E-state index in [1.54, 1.807) is 24.5 Å². The van der Waals surface area contributed by atoms with E-state index >= 15 is 0 Å². The van der Waals surface area contributed by atoms with E-state index < -0.39 is 0 Å². The summed E-state index contributed by atoms with van der Waals surface area (Å²) in [5.41, 5.74) is 6.34. The van der Waals surface area contributed by atoms with Gasteiger partial charge in [0.15, 0.2) is 0 Å². The molecule has 5 nitrogen and oxygen atoms in total. The lowest BCUT2D eigenvalue weighted by atomic mass is 10.1. The van der Waals surface area contributed by atoms with Gasteiger partial charge in [0.1, 0.15) is 0 Å². The third-order valence-corrected chi connectivity index (χ3v) is 5.28. The van der Waals surface area contributed by atoms with Crippen molar-refractivity contribution >= 4 is 33.8 Å². The number of nitrogens with one attached hydrogen (secondary N) is 1. The lowest BCUT2D eigenvalue weighted by Gasteiger charge is -2.07. The summed E-state index contributed by atoms with van der Waals surface area (Å²) in [4.78, 5) is 16.1. The molecular weight excluding hydrogens is 384 g/mol. The van der Waals surface area contributed by atoms with Crippen LogP contribution in [0.5, 0.6) is 0 Å². The van der Waals surface area contributed by atoms with Gasteiger partial charge in [-0.05, 0) is 40.6 Å². The summed E-state index contributed by atoms with van der Waals surface area (Å²) in [6, 6.07) is 26.6. The van der Waals surface area contributed by atoms with Crippen molar-refractivity contribution < 1.29 is 4.79 Å². The second-order valence-corrected chi connectivity index (χ2v) is 7.35. The van der Waals surface area contributed by atoms with E-state index in [0.717, 1.165) is 23.0 Å². The number of hydrazone groups is 1. The Labute approximate surface area is 179 Å². The Hall–Kier alpha value is -4.25. The number of amides is 1. The van der Waals surface area contributed by atoms with Crippen LogP contribution in [0.2, 0.25) is 0 Å². The quantitative estimate of drug-likeness (QED) is 0.331. The number of nitrogens with zero attached hydrogens (tertiary/aromatic N) is 3. The smallest absolute Gasteiger partial charge is 0.272 e. The average molecular weight is 404 g/mol. The van der Waals surface area contributed by atoms with Gasteiger partial charge in [-0.2, -0.15) is 5.10 Å². The monoisotopic (exact) mass is 404 g/mol. The summed E-state index contributed by atoms with van der Waals surface area (Å²) >= 11 is 0. The van der Waals surface area contributed by atoms with Gasteiger partial charge in [0.25, 0.3) is 5.91 Å². The molecule has 3 aromatic carbocycles. The highest BCUT2D eigenvalue weighted by Crippen LogP contribution is 2.23. The van der Waals surface area contributed by atoms with Gasteiger partial charge in [-0.15, -0.1) is 0 Å². The molecule has 0 aliphatic heterocycles. The SMILES string of the molecule is O=C(N/N=C/c1cn(Cc2ccc3ccccc3c2)c2ccccc12)c1cccnc1. The normalized spacial score (nSPS) is 11.4. The van der Waals surface area contributed by atoms with Crippen LogP contribution < -0.4 is 5.43 Å². The van der Waals surface area contributed by atoms with E-state index in [-0.39, 0.29) is 5.91 Å². The first-order valence-electron chi connectivity index (χ1n) is 10.1. The molecule has 5 aromatic rings. The maximum atomic E-state index is 12.2. The standard InChI is InChI=1S/C26H20N4O/c31-26(22-8-5-13-27-15-22)29-28-16-23-18-30(25-10-4-3-9-24(23)25)17-19-11-12-20-6-1-2-7-21(20)14-19/h1-16,18H,17H2,(H,29,31)/b28-16+. The molecule has 5 rings (SSSR count). The number of fused-ring (bicyclic) bond motifs is 2. The Kier molecular flexibility index (Phi) is 4.99. The van der Waals surface area contributed by atoms with Gasteiger partial charge in [-0.25, -0.2) is 5.43 Å². The van der Waals surface area contributed by atoms with E-state index in [4.69, 9.17) is 0 Å².